The Kier molecular flexibility index (Phi) is 5.75. The number of esters is 1. The first-order chi connectivity index (χ1) is 13.4. The third kappa shape index (κ3) is 4.57. The number of hydrogen-bond acceptors (Lipinski definition) is 7. The summed E-state index contributed by atoms with van der Waals surface area (Å²) in [6, 6.07) is 9.19. The zero-order chi connectivity index (χ0) is 20.1. The molecule has 0 fully saturated rings. The van der Waals surface area contributed by atoms with Crippen LogP contribution in [-0.4, -0.2) is 30.2 Å². The van der Waals surface area contributed by atoms with Crippen LogP contribution in [0.15, 0.2) is 42.5 Å². The molecule has 0 unspecified atom stereocenters. The summed E-state index contributed by atoms with van der Waals surface area (Å²) in [5.74, 6) is -0.842. The second kappa shape index (κ2) is 8.40. The molecule has 1 aliphatic heterocycles. The highest BCUT2D eigenvalue weighted by Crippen LogP contribution is 2.38. The summed E-state index contributed by atoms with van der Waals surface area (Å²) in [7, 11) is 0. The van der Waals surface area contributed by atoms with Crippen molar-refractivity contribution in [1.82, 2.24) is 0 Å². The first-order valence-electron chi connectivity index (χ1n) is 7.91. The van der Waals surface area contributed by atoms with Gasteiger partial charge in [0.2, 0.25) is 6.79 Å². The molecule has 9 nitrogen and oxygen atoms in total. The average Bonchev–Trinajstić information content (AvgIpc) is 3.13. The van der Waals surface area contributed by atoms with Gasteiger partial charge < -0.3 is 19.5 Å². The topological polar surface area (TPSA) is 117 Å². The molecule has 0 aromatic heterocycles. The van der Waals surface area contributed by atoms with Crippen LogP contribution in [0.2, 0.25) is 5.02 Å². The van der Waals surface area contributed by atoms with E-state index in [1.807, 2.05) is 0 Å². The van der Waals surface area contributed by atoms with Crippen LogP contribution in [0.3, 0.4) is 0 Å². The fourth-order valence-corrected chi connectivity index (χ4v) is 2.51. The highest BCUT2D eigenvalue weighted by molar-refractivity contribution is 6.33. The van der Waals surface area contributed by atoms with E-state index in [2.05, 4.69) is 5.32 Å². The van der Waals surface area contributed by atoms with Crippen LogP contribution in [0, 0.1) is 10.1 Å². The Hall–Kier alpha value is -3.59. The minimum Gasteiger partial charge on any atom is -0.454 e. The molecule has 28 heavy (non-hydrogen) atoms. The Morgan fingerprint density at radius 2 is 1.96 bits per heavy atom. The molecular weight excluding hydrogens is 392 g/mol. The molecule has 2 aromatic carbocycles. The fourth-order valence-electron chi connectivity index (χ4n) is 2.33. The number of nitrogens with zero attached hydrogens (tertiary/aromatic N) is 1. The van der Waals surface area contributed by atoms with E-state index in [0.29, 0.717) is 16.5 Å². The zero-order valence-corrected chi connectivity index (χ0v) is 15.0. The number of carbonyl (C=O) groups excluding carboxylic acids is 2. The second-order valence-electron chi connectivity index (χ2n) is 5.49. The Balaban J connectivity index is 1.60. The highest BCUT2D eigenvalue weighted by atomic mass is 35.5. The highest BCUT2D eigenvalue weighted by Gasteiger charge is 2.22. The fraction of sp³-hybridized carbons (Fsp3) is 0.111. The molecule has 1 amide bonds. The minimum absolute atomic E-state index is 0.0394. The maximum absolute atomic E-state index is 11.8. The number of fused-ring (bicyclic) bond motifs is 1. The molecule has 0 radical (unpaired) electrons. The van der Waals surface area contributed by atoms with Gasteiger partial charge >= 0.3 is 5.97 Å². The lowest BCUT2D eigenvalue weighted by atomic mass is 10.1. The summed E-state index contributed by atoms with van der Waals surface area (Å²) in [5, 5.41) is 14.0. The first-order valence-corrected chi connectivity index (χ1v) is 8.29. The van der Waals surface area contributed by atoms with Crippen LogP contribution in [0.4, 0.5) is 11.4 Å². The minimum atomic E-state index is -0.846. The maximum atomic E-state index is 11.8. The lowest BCUT2D eigenvalue weighted by Gasteiger charge is -2.06. The number of benzene rings is 2. The van der Waals surface area contributed by atoms with E-state index < -0.39 is 23.4 Å². The number of ether oxygens (including phenoxy) is 3. The number of nitro groups is 1. The first kappa shape index (κ1) is 19.2. The molecular formula is C18H13ClN2O7. The van der Waals surface area contributed by atoms with Crippen LogP contribution in [0.25, 0.3) is 6.08 Å². The molecule has 2 aromatic rings. The van der Waals surface area contributed by atoms with E-state index in [4.69, 9.17) is 25.8 Å². The Morgan fingerprint density at radius 1 is 1.25 bits per heavy atom. The lowest BCUT2D eigenvalue weighted by Crippen LogP contribution is -2.20. The van der Waals surface area contributed by atoms with E-state index in [1.54, 1.807) is 24.3 Å². The van der Waals surface area contributed by atoms with Gasteiger partial charge in [-0.25, -0.2) is 4.79 Å². The molecule has 0 bridgehead atoms. The van der Waals surface area contributed by atoms with Crippen molar-refractivity contribution in [3.8, 4) is 11.5 Å². The van der Waals surface area contributed by atoms with Crippen LogP contribution >= 0.6 is 11.6 Å². The number of rotatable bonds is 6. The summed E-state index contributed by atoms with van der Waals surface area (Å²) < 4.78 is 15.1. The van der Waals surface area contributed by atoms with E-state index in [-0.39, 0.29) is 23.8 Å². The predicted molar refractivity (Wildman–Crippen MR) is 99.3 cm³/mol. The number of para-hydroxylation sites is 1. The smallest absolute Gasteiger partial charge is 0.331 e. The molecule has 0 saturated heterocycles. The lowest BCUT2D eigenvalue weighted by molar-refractivity contribution is -0.385. The van der Waals surface area contributed by atoms with Crippen molar-refractivity contribution in [2.45, 2.75) is 0 Å². The van der Waals surface area contributed by atoms with Gasteiger partial charge in [-0.3, -0.25) is 14.9 Å². The number of amides is 1. The molecule has 0 atom stereocenters. The molecule has 144 valence electrons. The van der Waals surface area contributed by atoms with Gasteiger partial charge in [0, 0.05) is 6.08 Å². The van der Waals surface area contributed by atoms with E-state index in [1.165, 1.54) is 18.2 Å². The van der Waals surface area contributed by atoms with Gasteiger partial charge in [0.05, 0.1) is 27.3 Å². The molecule has 1 heterocycles. The molecule has 1 aliphatic rings. The monoisotopic (exact) mass is 404 g/mol. The molecule has 10 heteroatoms. The van der Waals surface area contributed by atoms with Gasteiger partial charge in [0.15, 0.2) is 18.1 Å². The molecule has 0 spiro atoms. The van der Waals surface area contributed by atoms with Gasteiger partial charge in [-0.2, -0.15) is 0 Å². The predicted octanol–water partition coefficient (Wildman–Crippen LogP) is 3.17. The van der Waals surface area contributed by atoms with E-state index >= 15 is 0 Å². The summed E-state index contributed by atoms with van der Waals surface area (Å²) in [6.45, 7) is -0.583. The van der Waals surface area contributed by atoms with E-state index in [9.17, 15) is 19.7 Å². The summed E-state index contributed by atoms with van der Waals surface area (Å²) in [5.41, 5.74) is 0.258. The summed E-state index contributed by atoms with van der Waals surface area (Å²) >= 11 is 5.92. The summed E-state index contributed by atoms with van der Waals surface area (Å²) in [4.78, 5) is 34.2. The summed E-state index contributed by atoms with van der Waals surface area (Å²) in [6.07, 6.45) is 2.18. The van der Waals surface area contributed by atoms with Crippen molar-refractivity contribution in [3.63, 3.8) is 0 Å². The molecule has 0 aliphatic carbocycles. The molecule has 0 saturated carbocycles. The number of nitro benzene ring substituents is 1. The number of halogens is 1. The van der Waals surface area contributed by atoms with Crippen molar-refractivity contribution in [1.29, 1.82) is 0 Å². The SMILES string of the molecule is O=C(COC(=O)/C=C/c1cc2c(cc1[N+](=O)[O-])OCO2)Nc1ccccc1Cl. The van der Waals surface area contributed by atoms with Crippen LogP contribution in [0.5, 0.6) is 11.5 Å². The number of anilines is 1. The number of nitrogens with one attached hydrogen (secondary N) is 1. The van der Waals surface area contributed by atoms with Crippen molar-refractivity contribution >= 4 is 40.9 Å². The standard InChI is InChI=1S/C18H13ClN2O7/c19-12-3-1-2-4-13(12)20-17(22)9-26-18(23)6-5-11-7-15-16(28-10-27-15)8-14(11)21(24)25/h1-8H,9-10H2,(H,20,22)/b6-5+. The number of hydrogen-bond donors (Lipinski definition) is 1. The van der Waals surface area contributed by atoms with Gasteiger partial charge in [0.1, 0.15) is 0 Å². The maximum Gasteiger partial charge on any atom is 0.331 e. The quantitative estimate of drug-likeness (QED) is 0.340. The van der Waals surface area contributed by atoms with Gasteiger partial charge in [-0.15, -0.1) is 0 Å². The Labute approximate surface area is 163 Å². The van der Waals surface area contributed by atoms with Gasteiger partial charge in [-0.1, -0.05) is 23.7 Å². The third-order valence-corrected chi connectivity index (χ3v) is 3.94. The van der Waals surface area contributed by atoms with Crippen molar-refractivity contribution in [2.24, 2.45) is 0 Å². The largest absolute Gasteiger partial charge is 0.454 e. The van der Waals surface area contributed by atoms with Crippen LogP contribution in [0.1, 0.15) is 5.56 Å². The van der Waals surface area contributed by atoms with E-state index in [0.717, 1.165) is 6.08 Å². The van der Waals surface area contributed by atoms with Crippen molar-refractivity contribution in [2.75, 3.05) is 18.7 Å². The third-order valence-electron chi connectivity index (χ3n) is 3.61. The van der Waals surface area contributed by atoms with Crippen LogP contribution < -0.4 is 14.8 Å². The normalized spacial score (nSPS) is 12.0. The second-order valence-corrected chi connectivity index (χ2v) is 5.90. The van der Waals surface area contributed by atoms with Gasteiger partial charge in [-0.05, 0) is 24.3 Å². The molecule has 1 N–H and O–H groups in total. The van der Waals surface area contributed by atoms with Gasteiger partial charge in [0.25, 0.3) is 11.6 Å². The Bertz CT molecular complexity index is 974. The molecule has 3 rings (SSSR count). The van der Waals surface area contributed by atoms with Crippen LogP contribution in [-0.2, 0) is 14.3 Å². The zero-order valence-electron chi connectivity index (χ0n) is 14.2. The average molecular weight is 405 g/mol. The number of carbonyl (C=O) groups is 2. The Morgan fingerprint density at radius 3 is 2.68 bits per heavy atom. The van der Waals surface area contributed by atoms with Crippen molar-refractivity contribution < 1.29 is 28.7 Å². The van der Waals surface area contributed by atoms with Crippen molar-refractivity contribution in [3.05, 3.63) is 63.2 Å².